The van der Waals surface area contributed by atoms with Crippen molar-refractivity contribution < 1.29 is 18.8 Å². The van der Waals surface area contributed by atoms with Crippen LogP contribution in [-0.4, -0.2) is 30.3 Å². The van der Waals surface area contributed by atoms with Gasteiger partial charge in [0.25, 0.3) is 11.8 Å². The van der Waals surface area contributed by atoms with Crippen molar-refractivity contribution in [1.29, 1.82) is 0 Å². The Balaban J connectivity index is 1.57. The molecule has 0 aliphatic carbocycles. The summed E-state index contributed by atoms with van der Waals surface area (Å²) in [6, 6.07) is 14.6. The van der Waals surface area contributed by atoms with E-state index >= 15 is 0 Å². The Bertz CT molecular complexity index is 1200. The molecule has 30 heavy (non-hydrogen) atoms. The topological polar surface area (TPSA) is 86.5 Å². The first-order chi connectivity index (χ1) is 14.6. The van der Waals surface area contributed by atoms with Gasteiger partial charge in [0.15, 0.2) is 11.5 Å². The molecule has 8 heteroatoms. The fraction of sp³-hybridized carbons (Fsp3) is 0.136. The van der Waals surface area contributed by atoms with E-state index in [0.29, 0.717) is 39.3 Å². The van der Waals surface area contributed by atoms with Gasteiger partial charge in [-0.2, -0.15) is 4.98 Å². The van der Waals surface area contributed by atoms with Gasteiger partial charge in [0.1, 0.15) is 0 Å². The Labute approximate surface area is 177 Å². The second kappa shape index (κ2) is 8.38. The summed E-state index contributed by atoms with van der Waals surface area (Å²) in [4.78, 5) is 17.6. The lowest BCUT2D eigenvalue weighted by Crippen LogP contribution is -2.11. The zero-order valence-corrected chi connectivity index (χ0v) is 17.4. The van der Waals surface area contributed by atoms with Gasteiger partial charge in [-0.3, -0.25) is 4.79 Å². The number of aromatic nitrogens is 2. The van der Waals surface area contributed by atoms with Gasteiger partial charge in [0.05, 0.1) is 19.1 Å². The Kier molecular flexibility index (Phi) is 5.49. The third-order valence-electron chi connectivity index (χ3n) is 4.50. The molecule has 0 saturated carbocycles. The summed E-state index contributed by atoms with van der Waals surface area (Å²) in [5.74, 6) is 1.82. The molecule has 1 N–H and O–H groups in total. The van der Waals surface area contributed by atoms with Crippen molar-refractivity contribution in [3.05, 3.63) is 64.4 Å². The lowest BCUT2D eigenvalue weighted by molar-refractivity contribution is 0.103. The van der Waals surface area contributed by atoms with Crippen LogP contribution in [0.5, 0.6) is 11.5 Å². The molecule has 0 fully saturated rings. The van der Waals surface area contributed by atoms with E-state index < -0.39 is 0 Å². The smallest absolute Gasteiger partial charge is 0.265 e. The first kappa shape index (κ1) is 19.7. The molecule has 152 valence electrons. The number of anilines is 1. The minimum absolute atomic E-state index is 0.140. The second-order valence-electron chi connectivity index (χ2n) is 6.46. The lowest BCUT2D eigenvalue weighted by atomic mass is 10.1. The van der Waals surface area contributed by atoms with Crippen LogP contribution in [0.2, 0.25) is 0 Å². The standard InChI is InChI=1S/C22H19N3O4S/c1-13-9-10-30-19(13)21(26)23-16-6-4-5-14(11-16)20-24-22(29-25-20)15-7-8-17(27-2)18(12-15)28-3/h4-12H,1-3H3,(H,23,26). The van der Waals surface area contributed by atoms with E-state index in [4.69, 9.17) is 14.0 Å². The van der Waals surface area contributed by atoms with Crippen molar-refractivity contribution >= 4 is 22.9 Å². The van der Waals surface area contributed by atoms with Gasteiger partial charge in [-0.25, -0.2) is 0 Å². The quantitative estimate of drug-likeness (QED) is 0.469. The molecule has 1 amide bonds. The summed E-state index contributed by atoms with van der Waals surface area (Å²) in [6.45, 7) is 1.91. The SMILES string of the molecule is COc1ccc(-c2nc(-c3cccc(NC(=O)c4sccc4C)c3)no2)cc1OC. The maximum absolute atomic E-state index is 12.5. The lowest BCUT2D eigenvalue weighted by Gasteiger charge is -2.07. The van der Waals surface area contributed by atoms with E-state index in [9.17, 15) is 4.79 Å². The van der Waals surface area contributed by atoms with Gasteiger partial charge in [0.2, 0.25) is 5.82 Å². The number of amides is 1. The van der Waals surface area contributed by atoms with Gasteiger partial charge in [-0.15, -0.1) is 11.3 Å². The van der Waals surface area contributed by atoms with Crippen LogP contribution < -0.4 is 14.8 Å². The summed E-state index contributed by atoms with van der Waals surface area (Å²) in [5, 5.41) is 8.89. The average Bonchev–Trinajstić information content (AvgIpc) is 3.43. The predicted molar refractivity (Wildman–Crippen MR) is 115 cm³/mol. The monoisotopic (exact) mass is 421 g/mol. The first-order valence-corrected chi connectivity index (χ1v) is 9.99. The maximum atomic E-state index is 12.5. The Morgan fingerprint density at radius 3 is 2.60 bits per heavy atom. The third kappa shape index (κ3) is 3.90. The Morgan fingerprint density at radius 2 is 1.87 bits per heavy atom. The van der Waals surface area contributed by atoms with Crippen molar-refractivity contribution in [2.24, 2.45) is 0 Å². The zero-order valence-electron chi connectivity index (χ0n) is 16.6. The highest BCUT2D eigenvalue weighted by atomic mass is 32.1. The zero-order chi connectivity index (χ0) is 21.1. The molecule has 0 unspecified atom stereocenters. The van der Waals surface area contributed by atoms with Crippen LogP contribution in [0.4, 0.5) is 5.69 Å². The Morgan fingerprint density at radius 1 is 1.03 bits per heavy atom. The van der Waals surface area contributed by atoms with Gasteiger partial charge in [0, 0.05) is 16.8 Å². The molecule has 0 bridgehead atoms. The fourth-order valence-corrected chi connectivity index (χ4v) is 3.78. The molecule has 0 spiro atoms. The highest BCUT2D eigenvalue weighted by Gasteiger charge is 2.15. The van der Waals surface area contributed by atoms with Crippen molar-refractivity contribution in [3.8, 4) is 34.3 Å². The van der Waals surface area contributed by atoms with E-state index in [1.807, 2.05) is 48.7 Å². The molecule has 0 aliphatic heterocycles. The van der Waals surface area contributed by atoms with Crippen molar-refractivity contribution in [3.63, 3.8) is 0 Å². The largest absolute Gasteiger partial charge is 0.493 e. The van der Waals surface area contributed by atoms with Crippen LogP contribution in [0, 0.1) is 6.92 Å². The fourth-order valence-electron chi connectivity index (χ4n) is 2.96. The highest BCUT2D eigenvalue weighted by molar-refractivity contribution is 7.12. The number of aryl methyl sites for hydroxylation is 1. The summed E-state index contributed by atoms with van der Waals surface area (Å²) in [7, 11) is 3.15. The van der Waals surface area contributed by atoms with Crippen molar-refractivity contribution in [2.75, 3.05) is 19.5 Å². The molecule has 4 aromatic rings. The molecule has 0 radical (unpaired) electrons. The van der Waals surface area contributed by atoms with Crippen LogP contribution in [0.3, 0.4) is 0 Å². The number of thiophene rings is 1. The van der Waals surface area contributed by atoms with Crippen LogP contribution in [0.25, 0.3) is 22.8 Å². The number of benzene rings is 2. The summed E-state index contributed by atoms with van der Waals surface area (Å²) < 4.78 is 16.0. The molecule has 2 aromatic heterocycles. The number of nitrogens with one attached hydrogen (secondary N) is 1. The average molecular weight is 421 g/mol. The number of nitrogens with zero attached hydrogens (tertiary/aromatic N) is 2. The molecule has 2 aromatic carbocycles. The molecule has 4 rings (SSSR count). The van der Waals surface area contributed by atoms with Crippen LogP contribution >= 0.6 is 11.3 Å². The Hall–Kier alpha value is -3.65. The third-order valence-corrected chi connectivity index (χ3v) is 5.52. The van der Waals surface area contributed by atoms with E-state index in [0.717, 1.165) is 11.1 Å². The van der Waals surface area contributed by atoms with E-state index in [1.54, 1.807) is 26.4 Å². The molecule has 2 heterocycles. The number of ether oxygens (including phenoxy) is 2. The number of carbonyl (C=O) groups is 1. The second-order valence-corrected chi connectivity index (χ2v) is 7.38. The van der Waals surface area contributed by atoms with E-state index in [1.165, 1.54) is 11.3 Å². The van der Waals surface area contributed by atoms with Crippen molar-refractivity contribution in [1.82, 2.24) is 10.1 Å². The predicted octanol–water partition coefficient (Wildman–Crippen LogP) is 5.04. The van der Waals surface area contributed by atoms with E-state index in [-0.39, 0.29) is 5.91 Å². The number of hydrogen-bond acceptors (Lipinski definition) is 7. The summed E-state index contributed by atoms with van der Waals surface area (Å²) in [6.07, 6.45) is 0. The highest BCUT2D eigenvalue weighted by Crippen LogP contribution is 2.32. The molecule has 0 atom stereocenters. The number of rotatable bonds is 6. The van der Waals surface area contributed by atoms with Gasteiger partial charge < -0.3 is 19.3 Å². The minimum Gasteiger partial charge on any atom is -0.493 e. The minimum atomic E-state index is -0.140. The molecule has 0 saturated heterocycles. The van der Waals surface area contributed by atoms with Gasteiger partial charge >= 0.3 is 0 Å². The normalized spacial score (nSPS) is 10.6. The molecule has 0 aliphatic rings. The van der Waals surface area contributed by atoms with Gasteiger partial charge in [-0.1, -0.05) is 17.3 Å². The maximum Gasteiger partial charge on any atom is 0.265 e. The summed E-state index contributed by atoms with van der Waals surface area (Å²) >= 11 is 1.41. The van der Waals surface area contributed by atoms with Crippen molar-refractivity contribution in [2.45, 2.75) is 6.92 Å². The number of hydrogen-bond donors (Lipinski definition) is 1. The molecular formula is C22H19N3O4S. The first-order valence-electron chi connectivity index (χ1n) is 9.11. The van der Waals surface area contributed by atoms with Crippen LogP contribution in [0.15, 0.2) is 58.4 Å². The van der Waals surface area contributed by atoms with Crippen LogP contribution in [0.1, 0.15) is 15.2 Å². The molecule has 7 nitrogen and oxygen atoms in total. The van der Waals surface area contributed by atoms with E-state index in [2.05, 4.69) is 15.5 Å². The number of carbonyl (C=O) groups excluding carboxylic acids is 1. The van der Waals surface area contributed by atoms with Gasteiger partial charge in [-0.05, 0) is 54.3 Å². The summed E-state index contributed by atoms with van der Waals surface area (Å²) in [5.41, 5.74) is 3.05. The molecular weight excluding hydrogens is 402 g/mol. The van der Waals surface area contributed by atoms with Crippen LogP contribution in [-0.2, 0) is 0 Å². The number of methoxy groups -OCH3 is 2.